The smallest absolute Gasteiger partial charge is 0.268 e. The molecular formula is C14H17N3O3S. The first-order chi connectivity index (χ1) is 9.81. The van der Waals surface area contributed by atoms with E-state index < -0.39 is 15.9 Å². The van der Waals surface area contributed by atoms with Crippen LogP contribution in [0.4, 0.5) is 0 Å². The van der Waals surface area contributed by atoms with Gasteiger partial charge in [0.25, 0.3) is 5.91 Å². The molecule has 0 aliphatic carbocycles. The highest BCUT2D eigenvalue weighted by Crippen LogP contribution is 2.17. The molecule has 1 heterocycles. The summed E-state index contributed by atoms with van der Waals surface area (Å²) >= 11 is 0. The third-order valence-corrected chi connectivity index (χ3v) is 3.53. The summed E-state index contributed by atoms with van der Waals surface area (Å²) in [5.74, 6) is -0.659. The Morgan fingerprint density at radius 2 is 2.10 bits per heavy atom. The van der Waals surface area contributed by atoms with Crippen LogP contribution >= 0.6 is 0 Å². The minimum absolute atomic E-state index is 0.268. The van der Waals surface area contributed by atoms with Crippen molar-refractivity contribution in [3.63, 3.8) is 0 Å². The number of nitrogens with one attached hydrogen (secondary N) is 1. The minimum atomic E-state index is -3.60. The van der Waals surface area contributed by atoms with E-state index in [0.717, 1.165) is 17.5 Å². The maximum absolute atomic E-state index is 12.0. The van der Waals surface area contributed by atoms with E-state index >= 15 is 0 Å². The zero-order valence-electron chi connectivity index (χ0n) is 12.1. The quantitative estimate of drug-likeness (QED) is 0.926. The largest absolute Gasteiger partial charge is 0.268 e. The van der Waals surface area contributed by atoms with E-state index in [9.17, 15) is 13.2 Å². The van der Waals surface area contributed by atoms with Crippen LogP contribution in [0.1, 0.15) is 28.5 Å². The zero-order valence-corrected chi connectivity index (χ0v) is 12.9. The van der Waals surface area contributed by atoms with E-state index in [1.54, 1.807) is 4.68 Å². The Morgan fingerprint density at radius 1 is 1.38 bits per heavy atom. The number of aromatic nitrogens is 2. The number of amides is 1. The van der Waals surface area contributed by atoms with Crippen molar-refractivity contribution < 1.29 is 13.2 Å². The number of nitrogens with zero attached hydrogens (tertiary/aromatic N) is 2. The molecule has 0 aliphatic heterocycles. The fraction of sp³-hybridized carbons (Fsp3) is 0.286. The lowest BCUT2D eigenvalue weighted by Crippen LogP contribution is -2.29. The van der Waals surface area contributed by atoms with Crippen molar-refractivity contribution in [3.05, 3.63) is 47.3 Å². The van der Waals surface area contributed by atoms with Gasteiger partial charge in [-0.15, -0.1) is 0 Å². The number of benzene rings is 1. The van der Waals surface area contributed by atoms with Gasteiger partial charge in [-0.1, -0.05) is 19.1 Å². The molecule has 2 aromatic rings. The van der Waals surface area contributed by atoms with Gasteiger partial charge in [-0.05, 0) is 31.0 Å². The molecule has 0 unspecified atom stereocenters. The molecule has 1 aromatic heterocycles. The topological polar surface area (TPSA) is 81.1 Å². The van der Waals surface area contributed by atoms with Crippen LogP contribution in [0.2, 0.25) is 0 Å². The van der Waals surface area contributed by atoms with Crippen molar-refractivity contribution >= 4 is 15.9 Å². The number of sulfonamides is 1. The van der Waals surface area contributed by atoms with E-state index in [1.807, 2.05) is 42.8 Å². The van der Waals surface area contributed by atoms with Gasteiger partial charge in [-0.3, -0.25) is 4.79 Å². The lowest BCUT2D eigenvalue weighted by molar-refractivity contribution is 0.0981. The molecule has 0 spiro atoms. The van der Waals surface area contributed by atoms with Gasteiger partial charge in [-0.25, -0.2) is 17.8 Å². The highest BCUT2D eigenvalue weighted by Gasteiger charge is 2.19. The third-order valence-electron chi connectivity index (χ3n) is 2.97. The molecule has 0 atom stereocenters. The van der Waals surface area contributed by atoms with E-state index in [-0.39, 0.29) is 5.56 Å². The second-order valence-electron chi connectivity index (χ2n) is 4.81. The number of hydrogen-bond donors (Lipinski definition) is 1. The summed E-state index contributed by atoms with van der Waals surface area (Å²) in [6, 6.07) is 7.71. The Labute approximate surface area is 123 Å². The summed E-state index contributed by atoms with van der Waals surface area (Å²) in [6.07, 6.45) is 2.89. The molecule has 0 radical (unpaired) electrons. The second kappa shape index (κ2) is 5.69. The number of rotatable bonds is 4. The summed E-state index contributed by atoms with van der Waals surface area (Å²) in [5.41, 5.74) is 2.85. The van der Waals surface area contributed by atoms with Crippen LogP contribution in [0.3, 0.4) is 0 Å². The molecule has 0 saturated carbocycles. The summed E-state index contributed by atoms with van der Waals surface area (Å²) < 4.78 is 26.0. The lowest BCUT2D eigenvalue weighted by atomic mass is 10.2. The first kappa shape index (κ1) is 15.2. The van der Waals surface area contributed by atoms with Crippen LogP contribution < -0.4 is 4.72 Å². The molecule has 112 valence electrons. The van der Waals surface area contributed by atoms with E-state index in [1.165, 1.54) is 6.20 Å². The third kappa shape index (κ3) is 3.49. The van der Waals surface area contributed by atoms with Crippen molar-refractivity contribution in [3.8, 4) is 5.69 Å². The fourth-order valence-electron chi connectivity index (χ4n) is 2.11. The SMILES string of the molecule is CCc1c(C(=O)NS(C)(=O)=O)cnn1-c1cccc(C)c1. The van der Waals surface area contributed by atoms with Crippen LogP contribution in [-0.4, -0.2) is 30.4 Å². The maximum Gasteiger partial charge on any atom is 0.268 e. The molecule has 6 nitrogen and oxygen atoms in total. The fourth-order valence-corrected chi connectivity index (χ4v) is 2.56. The van der Waals surface area contributed by atoms with Crippen molar-refractivity contribution in [2.45, 2.75) is 20.3 Å². The normalized spacial score (nSPS) is 11.4. The highest BCUT2D eigenvalue weighted by atomic mass is 32.2. The van der Waals surface area contributed by atoms with E-state index in [0.29, 0.717) is 12.1 Å². The maximum atomic E-state index is 12.0. The lowest BCUT2D eigenvalue weighted by Gasteiger charge is -2.08. The number of carbonyl (C=O) groups excluding carboxylic acids is 1. The Balaban J connectivity index is 2.46. The Kier molecular flexibility index (Phi) is 4.13. The molecular weight excluding hydrogens is 290 g/mol. The molecule has 0 bridgehead atoms. The first-order valence-corrected chi connectivity index (χ1v) is 8.37. The number of hydrogen-bond acceptors (Lipinski definition) is 4. The van der Waals surface area contributed by atoms with Gasteiger partial charge in [0, 0.05) is 0 Å². The Morgan fingerprint density at radius 3 is 2.67 bits per heavy atom. The monoisotopic (exact) mass is 307 g/mol. The van der Waals surface area contributed by atoms with Crippen molar-refractivity contribution in [2.75, 3.05) is 6.26 Å². The van der Waals surface area contributed by atoms with Crippen molar-refractivity contribution in [1.82, 2.24) is 14.5 Å². The van der Waals surface area contributed by atoms with Gasteiger partial charge < -0.3 is 0 Å². The predicted octanol–water partition coefficient (Wildman–Crippen LogP) is 1.43. The Hall–Kier alpha value is -2.15. The summed E-state index contributed by atoms with van der Waals surface area (Å²) in [7, 11) is -3.60. The van der Waals surface area contributed by atoms with Crippen LogP contribution in [0.25, 0.3) is 5.69 Å². The van der Waals surface area contributed by atoms with Gasteiger partial charge in [0.1, 0.15) is 0 Å². The highest BCUT2D eigenvalue weighted by molar-refractivity contribution is 7.89. The molecule has 21 heavy (non-hydrogen) atoms. The standard InChI is InChI=1S/C14H17N3O3S/c1-4-13-12(14(18)16-21(3,19)20)9-15-17(13)11-7-5-6-10(2)8-11/h5-9H,4H2,1-3H3,(H,16,18). The zero-order chi connectivity index (χ0) is 15.6. The summed E-state index contributed by atoms with van der Waals surface area (Å²) in [6.45, 7) is 3.86. The molecule has 1 N–H and O–H groups in total. The first-order valence-electron chi connectivity index (χ1n) is 6.48. The van der Waals surface area contributed by atoms with Gasteiger partial charge >= 0.3 is 0 Å². The molecule has 2 rings (SSSR count). The molecule has 1 amide bonds. The van der Waals surface area contributed by atoms with Crippen molar-refractivity contribution in [2.24, 2.45) is 0 Å². The number of carbonyl (C=O) groups is 1. The summed E-state index contributed by atoms with van der Waals surface area (Å²) in [5, 5.41) is 4.21. The molecule has 0 saturated heterocycles. The van der Waals surface area contributed by atoms with Gasteiger partial charge in [0.05, 0.1) is 29.4 Å². The summed E-state index contributed by atoms with van der Waals surface area (Å²) in [4.78, 5) is 12.0. The minimum Gasteiger partial charge on any atom is -0.268 e. The van der Waals surface area contributed by atoms with Crippen LogP contribution in [0.5, 0.6) is 0 Å². The molecule has 1 aromatic carbocycles. The van der Waals surface area contributed by atoms with Crippen LogP contribution in [0, 0.1) is 6.92 Å². The van der Waals surface area contributed by atoms with E-state index in [4.69, 9.17) is 0 Å². The van der Waals surface area contributed by atoms with Gasteiger partial charge in [0.15, 0.2) is 0 Å². The molecule has 0 fully saturated rings. The molecule has 7 heteroatoms. The average Bonchev–Trinajstić information content (AvgIpc) is 2.80. The predicted molar refractivity (Wildman–Crippen MR) is 80.0 cm³/mol. The van der Waals surface area contributed by atoms with Crippen LogP contribution in [-0.2, 0) is 16.4 Å². The second-order valence-corrected chi connectivity index (χ2v) is 6.56. The number of aryl methyl sites for hydroxylation is 1. The van der Waals surface area contributed by atoms with Crippen molar-refractivity contribution in [1.29, 1.82) is 0 Å². The Bertz CT molecular complexity index is 779. The van der Waals surface area contributed by atoms with Gasteiger partial charge in [0.2, 0.25) is 10.0 Å². The molecule has 0 aliphatic rings. The average molecular weight is 307 g/mol. The van der Waals surface area contributed by atoms with E-state index in [2.05, 4.69) is 5.10 Å². The van der Waals surface area contributed by atoms with Crippen LogP contribution in [0.15, 0.2) is 30.5 Å². The van der Waals surface area contributed by atoms with Gasteiger partial charge in [-0.2, -0.15) is 5.10 Å².